The number of carbonyl (C=O) groups is 2. The molecule has 6 heteroatoms. The molecule has 0 aromatic heterocycles. The van der Waals surface area contributed by atoms with Crippen LogP contribution in [-0.2, 0) is 11.3 Å². The maximum atomic E-state index is 12.9. The van der Waals surface area contributed by atoms with Gasteiger partial charge in [-0.3, -0.25) is 4.79 Å². The fourth-order valence-corrected chi connectivity index (χ4v) is 1.93. The first-order valence-corrected chi connectivity index (χ1v) is 6.83. The summed E-state index contributed by atoms with van der Waals surface area (Å²) in [5.74, 6) is -1.38. The number of amides is 2. The van der Waals surface area contributed by atoms with Crippen LogP contribution in [0.1, 0.15) is 25.8 Å². The van der Waals surface area contributed by atoms with Crippen molar-refractivity contribution in [3.8, 4) is 0 Å². The van der Waals surface area contributed by atoms with Crippen LogP contribution in [0.3, 0.4) is 0 Å². The zero-order chi connectivity index (χ0) is 16.0. The molecule has 0 spiro atoms. The van der Waals surface area contributed by atoms with E-state index in [1.165, 1.54) is 21.9 Å². The van der Waals surface area contributed by atoms with Crippen LogP contribution in [0.2, 0.25) is 0 Å². The monoisotopic (exact) mass is 296 g/mol. The fourth-order valence-electron chi connectivity index (χ4n) is 1.93. The van der Waals surface area contributed by atoms with Crippen LogP contribution >= 0.6 is 0 Å². The Kier molecular flexibility index (Phi) is 6.14. The Bertz CT molecular complexity index is 490. The molecule has 0 bridgehead atoms. The van der Waals surface area contributed by atoms with Crippen LogP contribution in [0.15, 0.2) is 24.3 Å². The molecule has 1 rings (SSSR count). The number of rotatable bonds is 6. The molecule has 1 aromatic carbocycles. The van der Waals surface area contributed by atoms with Gasteiger partial charge in [-0.1, -0.05) is 19.1 Å². The lowest BCUT2D eigenvalue weighted by molar-refractivity contribution is -0.138. The molecule has 0 heterocycles. The van der Waals surface area contributed by atoms with E-state index in [9.17, 15) is 14.0 Å². The average molecular weight is 296 g/mol. The van der Waals surface area contributed by atoms with Gasteiger partial charge < -0.3 is 14.9 Å². The number of carboxylic acid groups (broad SMARTS) is 1. The van der Waals surface area contributed by atoms with Crippen molar-refractivity contribution >= 4 is 12.0 Å². The molecule has 1 atom stereocenters. The summed E-state index contributed by atoms with van der Waals surface area (Å²) in [5.41, 5.74) is 0.784. The third-order valence-electron chi connectivity index (χ3n) is 3.33. The average Bonchev–Trinajstić information content (AvgIpc) is 2.45. The number of hydrogen-bond donors (Lipinski definition) is 1. The minimum absolute atomic E-state index is 0.163. The Morgan fingerprint density at radius 3 is 2.33 bits per heavy atom. The number of benzene rings is 1. The van der Waals surface area contributed by atoms with Crippen molar-refractivity contribution in [3.05, 3.63) is 35.6 Å². The zero-order valence-electron chi connectivity index (χ0n) is 12.5. The lowest BCUT2D eigenvalue weighted by Gasteiger charge is -2.31. The van der Waals surface area contributed by atoms with Gasteiger partial charge in [0.2, 0.25) is 0 Å². The molecule has 1 N–H and O–H groups in total. The maximum Gasteiger partial charge on any atom is 0.323 e. The van der Waals surface area contributed by atoms with Gasteiger partial charge in [0.25, 0.3) is 0 Å². The Morgan fingerprint density at radius 1 is 1.29 bits per heavy atom. The normalized spacial score (nSPS) is 11.8. The molecular formula is C15H21FN2O3. The molecule has 2 amide bonds. The third kappa shape index (κ3) is 5.06. The van der Waals surface area contributed by atoms with E-state index in [1.807, 2.05) is 13.8 Å². The second-order valence-corrected chi connectivity index (χ2v) is 5.04. The summed E-state index contributed by atoms with van der Waals surface area (Å²) in [6.07, 6.45) is 0.670. The maximum absolute atomic E-state index is 12.9. The molecule has 1 unspecified atom stereocenters. The second-order valence-electron chi connectivity index (χ2n) is 5.04. The lowest BCUT2D eigenvalue weighted by Crippen LogP contribution is -2.47. The first-order valence-electron chi connectivity index (χ1n) is 6.83. The molecule has 0 radical (unpaired) electrons. The quantitative estimate of drug-likeness (QED) is 0.877. The smallest absolute Gasteiger partial charge is 0.323 e. The first kappa shape index (κ1) is 16.9. The Balaban J connectivity index is 2.77. The van der Waals surface area contributed by atoms with Gasteiger partial charge in [-0.25, -0.2) is 9.18 Å². The molecular weight excluding hydrogens is 275 g/mol. The highest BCUT2D eigenvalue weighted by Crippen LogP contribution is 2.11. The highest BCUT2D eigenvalue weighted by atomic mass is 19.1. The number of halogens is 1. The van der Waals surface area contributed by atoms with Gasteiger partial charge in [0.15, 0.2) is 0 Å². The van der Waals surface area contributed by atoms with Gasteiger partial charge in [0, 0.05) is 19.6 Å². The van der Waals surface area contributed by atoms with E-state index in [0.29, 0.717) is 13.0 Å². The number of carboxylic acids is 1. The molecule has 0 fully saturated rings. The molecule has 0 aliphatic carbocycles. The van der Waals surface area contributed by atoms with Gasteiger partial charge in [0.05, 0.1) is 0 Å². The molecule has 0 aliphatic heterocycles. The summed E-state index contributed by atoms with van der Waals surface area (Å²) in [4.78, 5) is 26.0. The van der Waals surface area contributed by atoms with E-state index in [1.54, 1.807) is 19.2 Å². The largest absolute Gasteiger partial charge is 0.480 e. The van der Waals surface area contributed by atoms with Crippen molar-refractivity contribution in [1.29, 1.82) is 0 Å². The van der Waals surface area contributed by atoms with E-state index >= 15 is 0 Å². The van der Waals surface area contributed by atoms with Gasteiger partial charge in [-0.05, 0) is 31.0 Å². The van der Waals surface area contributed by atoms with Crippen LogP contribution in [0, 0.1) is 5.82 Å². The number of nitrogens with zero attached hydrogens (tertiary/aromatic N) is 2. The van der Waals surface area contributed by atoms with Crippen molar-refractivity contribution in [2.45, 2.75) is 32.9 Å². The molecule has 0 saturated carbocycles. The standard InChI is InChI=1S/C15H21FN2O3/c1-4-11(2)18(10-14(19)20)15(21)17(3)9-12-5-7-13(16)8-6-12/h5-8,11H,4,9-10H2,1-3H3,(H,19,20). The molecule has 5 nitrogen and oxygen atoms in total. The topological polar surface area (TPSA) is 60.9 Å². The van der Waals surface area contributed by atoms with Crippen molar-refractivity contribution in [1.82, 2.24) is 9.80 Å². The van der Waals surface area contributed by atoms with Crippen molar-refractivity contribution in [3.63, 3.8) is 0 Å². The number of aliphatic carboxylic acids is 1. The van der Waals surface area contributed by atoms with E-state index < -0.39 is 5.97 Å². The summed E-state index contributed by atoms with van der Waals surface area (Å²) in [6.45, 7) is 3.67. The summed E-state index contributed by atoms with van der Waals surface area (Å²) in [5, 5.41) is 8.93. The summed E-state index contributed by atoms with van der Waals surface area (Å²) < 4.78 is 12.9. The molecule has 21 heavy (non-hydrogen) atoms. The van der Waals surface area contributed by atoms with Crippen LogP contribution in [0.4, 0.5) is 9.18 Å². The summed E-state index contributed by atoms with van der Waals surface area (Å²) >= 11 is 0. The van der Waals surface area contributed by atoms with Crippen LogP contribution in [-0.4, -0.2) is 46.5 Å². The van der Waals surface area contributed by atoms with Crippen molar-refractivity contribution in [2.75, 3.05) is 13.6 Å². The predicted octanol–water partition coefficient (Wildman–Crippen LogP) is 2.56. The highest BCUT2D eigenvalue weighted by molar-refractivity contribution is 5.80. The first-order chi connectivity index (χ1) is 9.85. The number of carbonyl (C=O) groups excluding carboxylic acids is 1. The lowest BCUT2D eigenvalue weighted by atomic mass is 10.2. The van der Waals surface area contributed by atoms with E-state index in [-0.39, 0.29) is 24.4 Å². The Morgan fingerprint density at radius 2 is 1.86 bits per heavy atom. The second kappa shape index (κ2) is 7.61. The molecule has 0 aliphatic rings. The minimum Gasteiger partial charge on any atom is -0.480 e. The van der Waals surface area contributed by atoms with Gasteiger partial charge in [-0.2, -0.15) is 0 Å². The minimum atomic E-state index is -1.04. The third-order valence-corrected chi connectivity index (χ3v) is 3.33. The fraction of sp³-hybridized carbons (Fsp3) is 0.467. The number of hydrogen-bond acceptors (Lipinski definition) is 2. The predicted molar refractivity (Wildman–Crippen MR) is 77.4 cm³/mol. The summed E-state index contributed by atoms with van der Waals surface area (Å²) in [7, 11) is 1.60. The molecule has 0 saturated heterocycles. The molecule has 116 valence electrons. The van der Waals surface area contributed by atoms with E-state index in [2.05, 4.69) is 0 Å². The van der Waals surface area contributed by atoms with Crippen LogP contribution in [0.5, 0.6) is 0 Å². The molecule has 1 aromatic rings. The zero-order valence-corrected chi connectivity index (χ0v) is 12.5. The summed E-state index contributed by atoms with van der Waals surface area (Å²) in [6, 6.07) is 5.35. The van der Waals surface area contributed by atoms with Crippen molar-refractivity contribution < 1.29 is 19.1 Å². The highest BCUT2D eigenvalue weighted by Gasteiger charge is 2.24. The van der Waals surface area contributed by atoms with Crippen molar-refractivity contribution in [2.24, 2.45) is 0 Å². The van der Waals surface area contributed by atoms with Crippen LogP contribution in [0.25, 0.3) is 0 Å². The van der Waals surface area contributed by atoms with E-state index in [4.69, 9.17) is 5.11 Å². The number of urea groups is 1. The van der Waals surface area contributed by atoms with Gasteiger partial charge in [-0.15, -0.1) is 0 Å². The Labute approximate surface area is 124 Å². The van der Waals surface area contributed by atoms with Gasteiger partial charge >= 0.3 is 12.0 Å². The van der Waals surface area contributed by atoms with Gasteiger partial charge in [0.1, 0.15) is 12.4 Å². The van der Waals surface area contributed by atoms with Crippen LogP contribution < -0.4 is 0 Å². The van der Waals surface area contributed by atoms with E-state index in [0.717, 1.165) is 5.56 Å². The SMILES string of the molecule is CCC(C)N(CC(=O)O)C(=O)N(C)Cc1ccc(F)cc1. The Hall–Kier alpha value is -2.11.